The van der Waals surface area contributed by atoms with Gasteiger partial charge in [-0.25, -0.2) is 0 Å². The second kappa shape index (κ2) is 5.87. The maximum Gasteiger partial charge on any atom is 0.0136 e. The first-order valence-corrected chi connectivity index (χ1v) is 4.72. The summed E-state index contributed by atoms with van der Waals surface area (Å²) >= 11 is 0. The second-order valence-electron chi connectivity index (χ2n) is 3.09. The van der Waals surface area contributed by atoms with Crippen LogP contribution in [-0.4, -0.2) is 7.05 Å². The van der Waals surface area contributed by atoms with Crippen LogP contribution in [0.5, 0.6) is 0 Å². The first kappa shape index (κ1) is 11.3. The first-order chi connectivity index (χ1) is 5.67. The molecule has 0 aromatic heterocycles. The van der Waals surface area contributed by atoms with E-state index in [0.29, 0.717) is 0 Å². The summed E-state index contributed by atoms with van der Waals surface area (Å²) in [5.74, 6) is 0. The maximum absolute atomic E-state index is 3.99. The van der Waals surface area contributed by atoms with Gasteiger partial charge in [-0.05, 0) is 25.3 Å². The molecule has 0 aromatic carbocycles. The zero-order valence-electron chi connectivity index (χ0n) is 8.83. The van der Waals surface area contributed by atoms with Crippen LogP contribution in [0.1, 0.15) is 40.0 Å². The van der Waals surface area contributed by atoms with Crippen LogP contribution in [0.3, 0.4) is 0 Å². The van der Waals surface area contributed by atoms with E-state index in [1.165, 1.54) is 23.3 Å². The molecule has 0 heterocycles. The predicted molar refractivity (Wildman–Crippen MR) is 56.1 cm³/mol. The fourth-order valence-corrected chi connectivity index (χ4v) is 1.41. The van der Waals surface area contributed by atoms with E-state index in [1.807, 2.05) is 7.05 Å². The summed E-state index contributed by atoms with van der Waals surface area (Å²) in [5, 5.41) is 3.24. The molecule has 0 unspecified atom stereocenters. The van der Waals surface area contributed by atoms with Gasteiger partial charge in [0, 0.05) is 12.7 Å². The Morgan fingerprint density at radius 2 is 1.92 bits per heavy atom. The molecule has 0 atom stereocenters. The van der Waals surface area contributed by atoms with Crippen molar-refractivity contribution in [3.63, 3.8) is 0 Å². The molecule has 1 heteroatoms. The second-order valence-corrected chi connectivity index (χ2v) is 3.09. The van der Waals surface area contributed by atoms with Crippen LogP contribution >= 0.6 is 0 Å². The van der Waals surface area contributed by atoms with Crippen LogP contribution in [0, 0.1) is 0 Å². The van der Waals surface area contributed by atoms with E-state index in [0.717, 1.165) is 12.8 Å². The molecule has 1 N–H and O–H groups in total. The molecular formula is C11H21N. The molecule has 0 aromatic rings. The minimum Gasteiger partial charge on any atom is -0.391 e. The van der Waals surface area contributed by atoms with Gasteiger partial charge in [0.25, 0.3) is 0 Å². The Morgan fingerprint density at radius 3 is 2.17 bits per heavy atom. The number of nitrogens with one attached hydrogen (secondary N) is 1. The van der Waals surface area contributed by atoms with Gasteiger partial charge in [-0.2, -0.15) is 0 Å². The standard InChI is InChI=1S/C11H21N/c1-6-8-10(9(3)4)11(7-2)12-5/h12H,3,6-8H2,1-2,4-5H3/b11-10-. The van der Waals surface area contributed by atoms with Crippen molar-refractivity contribution >= 4 is 0 Å². The van der Waals surface area contributed by atoms with Gasteiger partial charge in [0.2, 0.25) is 0 Å². The van der Waals surface area contributed by atoms with Gasteiger partial charge in [0.1, 0.15) is 0 Å². The highest BCUT2D eigenvalue weighted by Gasteiger charge is 2.02. The van der Waals surface area contributed by atoms with Crippen LogP contribution in [0.25, 0.3) is 0 Å². The summed E-state index contributed by atoms with van der Waals surface area (Å²) in [4.78, 5) is 0. The third kappa shape index (κ3) is 3.12. The van der Waals surface area contributed by atoms with Gasteiger partial charge in [-0.1, -0.05) is 32.4 Å². The van der Waals surface area contributed by atoms with Gasteiger partial charge >= 0.3 is 0 Å². The topological polar surface area (TPSA) is 12.0 Å². The highest BCUT2D eigenvalue weighted by atomic mass is 14.8. The molecule has 12 heavy (non-hydrogen) atoms. The molecule has 0 rings (SSSR count). The predicted octanol–water partition coefficient (Wildman–Crippen LogP) is 3.25. The number of hydrogen-bond donors (Lipinski definition) is 1. The minimum absolute atomic E-state index is 1.07. The Hall–Kier alpha value is -0.720. The van der Waals surface area contributed by atoms with Crippen molar-refractivity contribution in [1.29, 1.82) is 0 Å². The highest BCUT2D eigenvalue weighted by molar-refractivity contribution is 5.30. The van der Waals surface area contributed by atoms with Gasteiger partial charge in [0.05, 0.1) is 0 Å². The molecule has 0 saturated heterocycles. The Kier molecular flexibility index (Phi) is 5.52. The van der Waals surface area contributed by atoms with Crippen LogP contribution in [0.4, 0.5) is 0 Å². The van der Waals surface area contributed by atoms with Crippen LogP contribution < -0.4 is 5.32 Å². The van der Waals surface area contributed by atoms with E-state index in [2.05, 4.69) is 32.7 Å². The SMILES string of the molecule is C=C(C)/C(CCC)=C(/CC)NC. The Bertz CT molecular complexity index is 171. The lowest BCUT2D eigenvalue weighted by Crippen LogP contribution is -2.09. The smallest absolute Gasteiger partial charge is 0.0136 e. The van der Waals surface area contributed by atoms with Crippen molar-refractivity contribution in [1.82, 2.24) is 5.32 Å². The lowest BCUT2D eigenvalue weighted by molar-refractivity contribution is 0.821. The summed E-state index contributed by atoms with van der Waals surface area (Å²) in [6.07, 6.45) is 3.39. The summed E-state index contributed by atoms with van der Waals surface area (Å²) in [7, 11) is 1.98. The van der Waals surface area contributed by atoms with Crippen LogP contribution in [0.2, 0.25) is 0 Å². The molecule has 0 saturated carbocycles. The van der Waals surface area contributed by atoms with Crippen molar-refractivity contribution in [3.8, 4) is 0 Å². The van der Waals surface area contributed by atoms with E-state index >= 15 is 0 Å². The fraction of sp³-hybridized carbons (Fsp3) is 0.636. The van der Waals surface area contributed by atoms with Gasteiger partial charge in [-0.15, -0.1) is 0 Å². The molecule has 0 aliphatic rings. The quantitative estimate of drug-likeness (QED) is 0.620. The molecule has 0 fully saturated rings. The maximum atomic E-state index is 3.99. The summed E-state index contributed by atoms with van der Waals surface area (Å²) in [6, 6.07) is 0. The molecule has 0 bridgehead atoms. The largest absolute Gasteiger partial charge is 0.391 e. The normalized spacial score (nSPS) is 12.3. The monoisotopic (exact) mass is 167 g/mol. The van der Waals surface area contributed by atoms with Crippen LogP contribution in [0.15, 0.2) is 23.4 Å². The van der Waals surface area contributed by atoms with Crippen molar-refractivity contribution < 1.29 is 0 Å². The van der Waals surface area contributed by atoms with E-state index in [4.69, 9.17) is 0 Å². The molecule has 70 valence electrons. The van der Waals surface area contributed by atoms with Gasteiger partial charge in [-0.3, -0.25) is 0 Å². The lowest BCUT2D eigenvalue weighted by Gasteiger charge is -2.13. The summed E-state index contributed by atoms with van der Waals surface area (Å²) < 4.78 is 0. The number of rotatable bonds is 5. The van der Waals surface area contributed by atoms with Crippen LogP contribution in [-0.2, 0) is 0 Å². The number of hydrogen-bond acceptors (Lipinski definition) is 1. The van der Waals surface area contributed by atoms with Crippen molar-refractivity contribution in [2.24, 2.45) is 0 Å². The molecule has 1 nitrogen and oxygen atoms in total. The zero-order valence-corrected chi connectivity index (χ0v) is 8.83. The van der Waals surface area contributed by atoms with Gasteiger partial charge in [0.15, 0.2) is 0 Å². The Morgan fingerprint density at radius 1 is 1.33 bits per heavy atom. The number of allylic oxidation sites excluding steroid dienone is 3. The molecule has 0 aliphatic heterocycles. The average molecular weight is 167 g/mol. The van der Waals surface area contributed by atoms with E-state index in [9.17, 15) is 0 Å². The molecular weight excluding hydrogens is 146 g/mol. The first-order valence-electron chi connectivity index (χ1n) is 4.72. The lowest BCUT2D eigenvalue weighted by atomic mass is 10.0. The molecule has 0 spiro atoms. The molecule has 0 amide bonds. The van der Waals surface area contributed by atoms with Crippen molar-refractivity contribution in [2.75, 3.05) is 7.05 Å². The van der Waals surface area contributed by atoms with Gasteiger partial charge < -0.3 is 5.32 Å². The van der Waals surface area contributed by atoms with Crippen molar-refractivity contribution in [3.05, 3.63) is 23.4 Å². The van der Waals surface area contributed by atoms with E-state index < -0.39 is 0 Å². The van der Waals surface area contributed by atoms with E-state index in [1.54, 1.807) is 0 Å². The fourth-order valence-electron chi connectivity index (χ4n) is 1.41. The zero-order chi connectivity index (χ0) is 9.56. The molecule has 0 radical (unpaired) electrons. The third-order valence-electron chi connectivity index (χ3n) is 2.03. The third-order valence-corrected chi connectivity index (χ3v) is 2.03. The average Bonchev–Trinajstić information content (AvgIpc) is 2.05. The van der Waals surface area contributed by atoms with Crippen molar-refractivity contribution in [2.45, 2.75) is 40.0 Å². The molecule has 0 aliphatic carbocycles. The Labute approximate surface area is 76.6 Å². The summed E-state index contributed by atoms with van der Waals surface area (Å²) in [5.41, 5.74) is 3.94. The highest BCUT2D eigenvalue weighted by Crippen LogP contribution is 2.18. The Balaban J connectivity index is 4.63. The summed E-state index contributed by atoms with van der Waals surface area (Å²) in [6.45, 7) is 10.4. The van der Waals surface area contributed by atoms with E-state index in [-0.39, 0.29) is 0 Å². The minimum atomic E-state index is 1.07.